The van der Waals surface area contributed by atoms with E-state index in [1.165, 1.54) is 5.56 Å². The van der Waals surface area contributed by atoms with Gasteiger partial charge in [0.15, 0.2) is 0 Å². The fourth-order valence-electron chi connectivity index (χ4n) is 1.87. The Labute approximate surface area is 82.7 Å². The number of fused-ring (bicyclic) bond motifs is 1. The zero-order valence-corrected chi connectivity index (χ0v) is 7.85. The first-order chi connectivity index (χ1) is 6.81. The SMILES string of the molecule is ON=C1CCc2ccccc2CC1O. The molecule has 0 radical (unpaired) electrons. The Morgan fingerprint density at radius 3 is 2.57 bits per heavy atom. The van der Waals surface area contributed by atoms with Crippen molar-refractivity contribution in [3.05, 3.63) is 35.4 Å². The second-order valence-corrected chi connectivity index (χ2v) is 3.58. The van der Waals surface area contributed by atoms with Crippen LogP contribution in [0.25, 0.3) is 0 Å². The number of nitrogens with zero attached hydrogens (tertiary/aromatic N) is 1. The molecule has 0 aliphatic heterocycles. The highest BCUT2D eigenvalue weighted by atomic mass is 16.4. The van der Waals surface area contributed by atoms with E-state index in [0.717, 1.165) is 12.0 Å². The molecule has 0 saturated carbocycles. The summed E-state index contributed by atoms with van der Waals surface area (Å²) in [4.78, 5) is 0. The van der Waals surface area contributed by atoms with Crippen molar-refractivity contribution in [2.45, 2.75) is 25.4 Å². The third-order valence-corrected chi connectivity index (χ3v) is 2.70. The first kappa shape index (κ1) is 9.21. The molecule has 1 atom stereocenters. The lowest BCUT2D eigenvalue weighted by Crippen LogP contribution is -2.21. The van der Waals surface area contributed by atoms with Gasteiger partial charge in [-0.05, 0) is 24.0 Å². The summed E-state index contributed by atoms with van der Waals surface area (Å²) < 4.78 is 0. The summed E-state index contributed by atoms with van der Waals surface area (Å²) >= 11 is 0. The van der Waals surface area contributed by atoms with E-state index in [0.29, 0.717) is 18.6 Å². The maximum absolute atomic E-state index is 9.70. The summed E-state index contributed by atoms with van der Waals surface area (Å²) in [5.74, 6) is 0. The Balaban J connectivity index is 2.32. The van der Waals surface area contributed by atoms with Crippen LogP contribution in [0.4, 0.5) is 0 Å². The van der Waals surface area contributed by atoms with Gasteiger partial charge in [0.25, 0.3) is 0 Å². The number of oxime groups is 1. The third-order valence-electron chi connectivity index (χ3n) is 2.70. The van der Waals surface area contributed by atoms with Crippen molar-refractivity contribution in [1.29, 1.82) is 0 Å². The van der Waals surface area contributed by atoms with Crippen molar-refractivity contribution in [3.8, 4) is 0 Å². The second kappa shape index (κ2) is 3.80. The predicted molar refractivity (Wildman–Crippen MR) is 53.7 cm³/mol. The molecule has 3 heteroatoms. The highest BCUT2D eigenvalue weighted by molar-refractivity contribution is 5.89. The average molecular weight is 191 g/mol. The molecule has 0 amide bonds. The van der Waals surface area contributed by atoms with Gasteiger partial charge in [-0.2, -0.15) is 0 Å². The van der Waals surface area contributed by atoms with Gasteiger partial charge in [-0.1, -0.05) is 29.4 Å². The summed E-state index contributed by atoms with van der Waals surface area (Å²) in [7, 11) is 0. The molecule has 1 aliphatic rings. The molecular formula is C11H13NO2. The maximum Gasteiger partial charge on any atom is 0.0994 e. The fraction of sp³-hybridized carbons (Fsp3) is 0.364. The highest BCUT2D eigenvalue weighted by Crippen LogP contribution is 2.19. The van der Waals surface area contributed by atoms with E-state index in [9.17, 15) is 5.11 Å². The van der Waals surface area contributed by atoms with E-state index >= 15 is 0 Å². The molecule has 0 spiro atoms. The van der Waals surface area contributed by atoms with Gasteiger partial charge in [0.1, 0.15) is 0 Å². The van der Waals surface area contributed by atoms with E-state index < -0.39 is 6.10 Å². The lowest BCUT2D eigenvalue weighted by atomic mass is 10.0. The lowest BCUT2D eigenvalue weighted by Gasteiger charge is -2.07. The van der Waals surface area contributed by atoms with Crippen LogP contribution in [-0.2, 0) is 12.8 Å². The molecule has 3 nitrogen and oxygen atoms in total. The van der Waals surface area contributed by atoms with E-state index in [1.54, 1.807) is 0 Å². The Hall–Kier alpha value is -1.35. The molecule has 1 aliphatic carbocycles. The normalized spacial score (nSPS) is 24.4. The highest BCUT2D eigenvalue weighted by Gasteiger charge is 2.19. The fourth-order valence-corrected chi connectivity index (χ4v) is 1.87. The summed E-state index contributed by atoms with van der Waals surface area (Å²) in [5.41, 5.74) is 2.88. The summed E-state index contributed by atoms with van der Waals surface area (Å²) in [6, 6.07) is 8.03. The van der Waals surface area contributed by atoms with Gasteiger partial charge in [-0.25, -0.2) is 0 Å². The van der Waals surface area contributed by atoms with Gasteiger partial charge in [-0.3, -0.25) is 0 Å². The number of hydrogen-bond acceptors (Lipinski definition) is 3. The molecular weight excluding hydrogens is 178 g/mol. The number of aliphatic hydroxyl groups is 1. The number of hydrogen-bond donors (Lipinski definition) is 2. The van der Waals surface area contributed by atoms with Crippen molar-refractivity contribution in [2.24, 2.45) is 5.16 Å². The standard InChI is InChI=1S/C11H13NO2/c13-11-7-9-4-2-1-3-8(9)5-6-10(11)12-14/h1-4,11,13-14H,5-7H2. The zero-order chi connectivity index (χ0) is 9.97. The second-order valence-electron chi connectivity index (χ2n) is 3.58. The molecule has 0 aromatic heterocycles. The van der Waals surface area contributed by atoms with Gasteiger partial charge in [-0.15, -0.1) is 0 Å². The monoisotopic (exact) mass is 191 g/mol. The number of rotatable bonds is 0. The van der Waals surface area contributed by atoms with E-state index in [2.05, 4.69) is 11.2 Å². The number of aryl methyl sites for hydroxylation is 1. The quantitative estimate of drug-likeness (QED) is 0.369. The van der Waals surface area contributed by atoms with Crippen molar-refractivity contribution < 1.29 is 10.3 Å². The minimum atomic E-state index is -0.636. The van der Waals surface area contributed by atoms with Crippen LogP contribution in [0.3, 0.4) is 0 Å². The Kier molecular flexibility index (Phi) is 2.50. The minimum Gasteiger partial charge on any atom is -0.411 e. The molecule has 14 heavy (non-hydrogen) atoms. The molecule has 1 aromatic carbocycles. The smallest absolute Gasteiger partial charge is 0.0994 e. The van der Waals surface area contributed by atoms with Crippen LogP contribution in [0.5, 0.6) is 0 Å². The van der Waals surface area contributed by atoms with Crippen molar-refractivity contribution in [1.82, 2.24) is 0 Å². The van der Waals surface area contributed by atoms with E-state index in [-0.39, 0.29) is 0 Å². The maximum atomic E-state index is 9.70. The molecule has 1 unspecified atom stereocenters. The number of aliphatic hydroxyl groups excluding tert-OH is 1. The van der Waals surface area contributed by atoms with Gasteiger partial charge in [0, 0.05) is 6.42 Å². The van der Waals surface area contributed by atoms with Gasteiger partial charge in [0.2, 0.25) is 0 Å². The van der Waals surface area contributed by atoms with Gasteiger partial charge in [0.05, 0.1) is 11.8 Å². The first-order valence-electron chi connectivity index (χ1n) is 4.77. The van der Waals surface area contributed by atoms with Crippen molar-refractivity contribution in [3.63, 3.8) is 0 Å². The van der Waals surface area contributed by atoms with Crippen LogP contribution in [0.2, 0.25) is 0 Å². The molecule has 0 fully saturated rings. The largest absolute Gasteiger partial charge is 0.411 e. The Morgan fingerprint density at radius 1 is 1.14 bits per heavy atom. The zero-order valence-electron chi connectivity index (χ0n) is 7.85. The molecule has 0 heterocycles. The van der Waals surface area contributed by atoms with Crippen molar-refractivity contribution >= 4 is 5.71 Å². The van der Waals surface area contributed by atoms with E-state index in [4.69, 9.17) is 5.21 Å². The van der Waals surface area contributed by atoms with Crippen molar-refractivity contribution in [2.75, 3.05) is 0 Å². The molecule has 0 bridgehead atoms. The van der Waals surface area contributed by atoms with Crippen LogP contribution in [0, 0.1) is 0 Å². The number of benzene rings is 1. The molecule has 74 valence electrons. The molecule has 1 aromatic rings. The Morgan fingerprint density at radius 2 is 1.86 bits per heavy atom. The Bertz CT molecular complexity index is 360. The predicted octanol–water partition coefficient (Wildman–Crippen LogP) is 1.37. The topological polar surface area (TPSA) is 52.8 Å². The van der Waals surface area contributed by atoms with Crippen LogP contribution in [0.15, 0.2) is 29.4 Å². The summed E-state index contributed by atoms with van der Waals surface area (Å²) in [6.45, 7) is 0. The van der Waals surface area contributed by atoms with Gasteiger partial charge >= 0.3 is 0 Å². The average Bonchev–Trinajstić information content (AvgIpc) is 2.36. The van der Waals surface area contributed by atoms with Gasteiger partial charge < -0.3 is 10.3 Å². The first-order valence-corrected chi connectivity index (χ1v) is 4.77. The van der Waals surface area contributed by atoms with Crippen LogP contribution >= 0.6 is 0 Å². The summed E-state index contributed by atoms with van der Waals surface area (Å²) in [5, 5.41) is 21.5. The molecule has 0 saturated heterocycles. The summed E-state index contributed by atoms with van der Waals surface area (Å²) in [6.07, 6.45) is 1.39. The lowest BCUT2D eigenvalue weighted by molar-refractivity contribution is 0.229. The van der Waals surface area contributed by atoms with Crippen LogP contribution in [-0.4, -0.2) is 22.1 Å². The van der Waals surface area contributed by atoms with E-state index in [1.807, 2.05) is 18.2 Å². The minimum absolute atomic E-state index is 0.487. The third kappa shape index (κ3) is 1.63. The van der Waals surface area contributed by atoms with Crippen LogP contribution in [0.1, 0.15) is 17.5 Å². The molecule has 2 rings (SSSR count). The van der Waals surface area contributed by atoms with Crippen LogP contribution < -0.4 is 0 Å². The molecule has 2 N–H and O–H groups in total.